The zero-order valence-corrected chi connectivity index (χ0v) is 10.4. The molecule has 1 heterocycles. The molecular formula is C13H18ClNO. The van der Waals surface area contributed by atoms with Gasteiger partial charge in [0.15, 0.2) is 0 Å². The van der Waals surface area contributed by atoms with E-state index in [1.165, 1.54) is 5.56 Å². The molecule has 1 aromatic rings. The highest BCUT2D eigenvalue weighted by atomic mass is 35.5. The van der Waals surface area contributed by atoms with Crippen molar-refractivity contribution in [2.24, 2.45) is 0 Å². The number of halogens is 1. The van der Waals surface area contributed by atoms with Crippen molar-refractivity contribution < 1.29 is 4.74 Å². The fourth-order valence-corrected chi connectivity index (χ4v) is 2.13. The SMILES string of the molecule is CC1(CCc2ccc(Cl)cc2)COCCN1. The molecule has 1 N–H and O–H groups in total. The minimum atomic E-state index is 0.123. The van der Waals surface area contributed by atoms with Gasteiger partial charge >= 0.3 is 0 Å². The molecule has 16 heavy (non-hydrogen) atoms. The quantitative estimate of drug-likeness (QED) is 0.876. The maximum Gasteiger partial charge on any atom is 0.0646 e. The summed E-state index contributed by atoms with van der Waals surface area (Å²) >= 11 is 5.86. The van der Waals surface area contributed by atoms with Gasteiger partial charge in [-0.05, 0) is 37.5 Å². The molecule has 2 nitrogen and oxygen atoms in total. The van der Waals surface area contributed by atoms with Crippen LogP contribution in [0, 0.1) is 0 Å². The third-order valence-corrected chi connectivity index (χ3v) is 3.35. The van der Waals surface area contributed by atoms with Gasteiger partial charge < -0.3 is 10.1 Å². The van der Waals surface area contributed by atoms with Crippen molar-refractivity contribution in [2.75, 3.05) is 19.8 Å². The molecule has 0 aliphatic carbocycles. The lowest BCUT2D eigenvalue weighted by Crippen LogP contribution is -2.52. The number of hydrogen-bond donors (Lipinski definition) is 1. The highest BCUT2D eigenvalue weighted by Gasteiger charge is 2.26. The van der Waals surface area contributed by atoms with Crippen LogP contribution in [-0.2, 0) is 11.2 Å². The molecule has 88 valence electrons. The number of rotatable bonds is 3. The van der Waals surface area contributed by atoms with Crippen LogP contribution in [-0.4, -0.2) is 25.3 Å². The predicted molar refractivity (Wildman–Crippen MR) is 67.0 cm³/mol. The number of morpholine rings is 1. The Morgan fingerprint density at radius 1 is 1.38 bits per heavy atom. The highest BCUT2D eigenvalue weighted by Crippen LogP contribution is 2.18. The van der Waals surface area contributed by atoms with E-state index in [-0.39, 0.29) is 5.54 Å². The van der Waals surface area contributed by atoms with E-state index >= 15 is 0 Å². The standard InChI is InChI=1S/C13H18ClNO/c1-13(10-16-9-8-15-13)7-6-11-2-4-12(14)5-3-11/h2-5,15H,6-10H2,1H3. The van der Waals surface area contributed by atoms with Crippen molar-refractivity contribution in [3.63, 3.8) is 0 Å². The van der Waals surface area contributed by atoms with Crippen LogP contribution in [0.4, 0.5) is 0 Å². The van der Waals surface area contributed by atoms with E-state index in [2.05, 4.69) is 24.4 Å². The Morgan fingerprint density at radius 3 is 2.75 bits per heavy atom. The molecule has 0 saturated carbocycles. The maximum absolute atomic E-state index is 5.86. The predicted octanol–water partition coefficient (Wildman–Crippen LogP) is 2.65. The molecule has 1 saturated heterocycles. The number of benzene rings is 1. The molecule has 1 aliphatic rings. The molecule has 0 spiro atoms. The fraction of sp³-hybridized carbons (Fsp3) is 0.538. The summed E-state index contributed by atoms with van der Waals surface area (Å²) in [7, 11) is 0. The molecule has 1 aliphatic heterocycles. The summed E-state index contributed by atoms with van der Waals surface area (Å²) in [5.74, 6) is 0. The van der Waals surface area contributed by atoms with Crippen LogP contribution >= 0.6 is 11.6 Å². The van der Waals surface area contributed by atoms with Gasteiger partial charge in [0, 0.05) is 17.1 Å². The van der Waals surface area contributed by atoms with E-state index in [1.54, 1.807) is 0 Å². The lowest BCUT2D eigenvalue weighted by atomic mass is 9.93. The first-order valence-electron chi connectivity index (χ1n) is 5.75. The van der Waals surface area contributed by atoms with Gasteiger partial charge in [-0.3, -0.25) is 0 Å². The molecule has 0 amide bonds. The smallest absolute Gasteiger partial charge is 0.0646 e. The molecule has 0 bridgehead atoms. The van der Waals surface area contributed by atoms with Crippen LogP contribution < -0.4 is 5.32 Å². The Hall–Kier alpha value is -0.570. The van der Waals surface area contributed by atoms with Gasteiger partial charge in [0.05, 0.1) is 13.2 Å². The van der Waals surface area contributed by atoms with Gasteiger partial charge in [0.2, 0.25) is 0 Å². The van der Waals surface area contributed by atoms with Crippen LogP contribution in [0.2, 0.25) is 5.02 Å². The van der Waals surface area contributed by atoms with Crippen molar-refractivity contribution in [3.05, 3.63) is 34.9 Å². The molecule has 2 rings (SSSR count). The van der Waals surface area contributed by atoms with Crippen LogP contribution in [0.15, 0.2) is 24.3 Å². The zero-order valence-electron chi connectivity index (χ0n) is 9.63. The van der Waals surface area contributed by atoms with E-state index in [4.69, 9.17) is 16.3 Å². The number of ether oxygens (including phenoxy) is 1. The van der Waals surface area contributed by atoms with Crippen LogP contribution in [0.5, 0.6) is 0 Å². The van der Waals surface area contributed by atoms with Crippen molar-refractivity contribution in [1.29, 1.82) is 0 Å². The normalized spacial score (nSPS) is 25.6. The van der Waals surface area contributed by atoms with Gasteiger partial charge in [0.25, 0.3) is 0 Å². The Bertz CT molecular complexity index is 330. The van der Waals surface area contributed by atoms with E-state index in [1.807, 2.05) is 12.1 Å². The summed E-state index contributed by atoms with van der Waals surface area (Å²) in [4.78, 5) is 0. The second kappa shape index (κ2) is 5.17. The van der Waals surface area contributed by atoms with Crippen molar-refractivity contribution >= 4 is 11.6 Å². The van der Waals surface area contributed by atoms with Gasteiger partial charge in [-0.1, -0.05) is 23.7 Å². The number of nitrogens with one attached hydrogen (secondary N) is 1. The second-order valence-corrected chi connectivity index (χ2v) is 5.10. The molecule has 1 fully saturated rings. The molecule has 1 atom stereocenters. The Balaban J connectivity index is 1.88. The fourth-order valence-electron chi connectivity index (χ4n) is 2.01. The average Bonchev–Trinajstić information content (AvgIpc) is 2.29. The topological polar surface area (TPSA) is 21.3 Å². The first-order chi connectivity index (χ1) is 7.68. The van der Waals surface area contributed by atoms with Gasteiger partial charge in [0.1, 0.15) is 0 Å². The number of aryl methyl sites for hydroxylation is 1. The van der Waals surface area contributed by atoms with E-state index in [9.17, 15) is 0 Å². The Kier molecular flexibility index (Phi) is 3.85. The van der Waals surface area contributed by atoms with Gasteiger partial charge in [-0.15, -0.1) is 0 Å². The largest absolute Gasteiger partial charge is 0.378 e. The molecule has 0 aromatic heterocycles. The van der Waals surface area contributed by atoms with Crippen molar-refractivity contribution in [1.82, 2.24) is 5.32 Å². The Labute approximate surface area is 102 Å². The molecule has 1 aromatic carbocycles. The summed E-state index contributed by atoms with van der Waals surface area (Å²) in [5, 5.41) is 4.33. The van der Waals surface area contributed by atoms with E-state index in [0.717, 1.165) is 37.6 Å². The summed E-state index contributed by atoms with van der Waals surface area (Å²) in [6.07, 6.45) is 2.15. The molecular weight excluding hydrogens is 222 g/mol. The third-order valence-electron chi connectivity index (χ3n) is 3.10. The molecule has 3 heteroatoms. The monoisotopic (exact) mass is 239 g/mol. The first kappa shape index (κ1) is 11.9. The van der Waals surface area contributed by atoms with Crippen LogP contribution in [0.1, 0.15) is 18.9 Å². The number of hydrogen-bond acceptors (Lipinski definition) is 2. The summed E-state index contributed by atoms with van der Waals surface area (Å²) in [6, 6.07) is 8.08. The van der Waals surface area contributed by atoms with Gasteiger partial charge in [-0.2, -0.15) is 0 Å². The third kappa shape index (κ3) is 3.21. The first-order valence-corrected chi connectivity index (χ1v) is 6.13. The van der Waals surface area contributed by atoms with Gasteiger partial charge in [-0.25, -0.2) is 0 Å². The van der Waals surface area contributed by atoms with E-state index in [0.29, 0.717) is 0 Å². The van der Waals surface area contributed by atoms with Crippen LogP contribution in [0.3, 0.4) is 0 Å². The minimum Gasteiger partial charge on any atom is -0.378 e. The summed E-state index contributed by atoms with van der Waals surface area (Å²) < 4.78 is 5.51. The Morgan fingerprint density at radius 2 is 2.12 bits per heavy atom. The van der Waals surface area contributed by atoms with Crippen LogP contribution in [0.25, 0.3) is 0 Å². The average molecular weight is 240 g/mol. The molecule has 0 radical (unpaired) electrons. The highest BCUT2D eigenvalue weighted by molar-refractivity contribution is 6.30. The molecule has 1 unspecified atom stereocenters. The summed E-state index contributed by atoms with van der Waals surface area (Å²) in [5.41, 5.74) is 1.45. The minimum absolute atomic E-state index is 0.123. The maximum atomic E-state index is 5.86. The lowest BCUT2D eigenvalue weighted by Gasteiger charge is -2.34. The summed E-state index contributed by atoms with van der Waals surface area (Å²) in [6.45, 7) is 4.82. The lowest BCUT2D eigenvalue weighted by molar-refractivity contribution is 0.0318. The van der Waals surface area contributed by atoms with Crippen molar-refractivity contribution in [2.45, 2.75) is 25.3 Å². The van der Waals surface area contributed by atoms with E-state index < -0.39 is 0 Å². The second-order valence-electron chi connectivity index (χ2n) is 4.67. The zero-order chi connectivity index (χ0) is 11.4. The van der Waals surface area contributed by atoms with Crippen molar-refractivity contribution in [3.8, 4) is 0 Å².